The third-order valence-electron chi connectivity index (χ3n) is 6.38. The van der Waals surface area contributed by atoms with E-state index in [1.807, 2.05) is 25.1 Å². The molecule has 1 aliphatic rings. The number of pyridine rings is 1. The number of nitrogens with zero attached hydrogens (tertiary/aromatic N) is 5. The minimum atomic E-state index is -0.286. The SMILES string of the molecule is COc1ccnc2cc(C)c(Nc3ncc4c(n3)n(C3CCC(O)CC3)c(=O)n4C)cc12. The first-order valence-corrected chi connectivity index (χ1v) is 10.8. The lowest BCUT2D eigenvalue weighted by atomic mass is 9.93. The summed E-state index contributed by atoms with van der Waals surface area (Å²) < 4.78 is 8.82. The van der Waals surface area contributed by atoms with E-state index in [9.17, 15) is 9.90 Å². The Morgan fingerprint density at radius 3 is 2.72 bits per heavy atom. The summed E-state index contributed by atoms with van der Waals surface area (Å²) in [6.07, 6.45) is 6.01. The van der Waals surface area contributed by atoms with Crippen molar-refractivity contribution >= 4 is 33.7 Å². The second-order valence-corrected chi connectivity index (χ2v) is 8.40. The molecule has 1 aromatic carbocycles. The Kier molecular flexibility index (Phi) is 5.05. The van der Waals surface area contributed by atoms with Crippen molar-refractivity contribution in [1.82, 2.24) is 24.1 Å². The van der Waals surface area contributed by atoms with Crippen LogP contribution in [0.3, 0.4) is 0 Å². The summed E-state index contributed by atoms with van der Waals surface area (Å²) in [6.45, 7) is 1.99. The van der Waals surface area contributed by atoms with E-state index in [0.29, 0.717) is 30.0 Å². The molecule has 0 unspecified atom stereocenters. The average Bonchev–Trinajstić information content (AvgIpc) is 3.04. The second kappa shape index (κ2) is 7.90. The largest absolute Gasteiger partial charge is 0.496 e. The molecule has 0 amide bonds. The molecule has 3 aromatic heterocycles. The fourth-order valence-electron chi connectivity index (χ4n) is 4.55. The molecule has 0 spiro atoms. The maximum atomic E-state index is 13.0. The molecule has 5 rings (SSSR count). The Labute approximate surface area is 184 Å². The van der Waals surface area contributed by atoms with Gasteiger partial charge in [0.2, 0.25) is 5.95 Å². The zero-order valence-corrected chi connectivity index (χ0v) is 18.4. The van der Waals surface area contributed by atoms with Gasteiger partial charge >= 0.3 is 5.69 Å². The third-order valence-corrected chi connectivity index (χ3v) is 6.38. The number of rotatable bonds is 4. The number of aliphatic hydroxyl groups is 1. The van der Waals surface area contributed by atoms with Crippen molar-refractivity contribution in [3.8, 4) is 5.75 Å². The molecule has 0 atom stereocenters. The monoisotopic (exact) mass is 434 g/mol. The van der Waals surface area contributed by atoms with Gasteiger partial charge in [0.1, 0.15) is 11.3 Å². The number of aliphatic hydroxyl groups excluding tert-OH is 1. The highest BCUT2D eigenvalue weighted by Crippen LogP contribution is 2.32. The standard InChI is InChI=1S/C23H26N6O3/c1-13-10-18-16(20(32-3)8-9-24-18)11-17(13)26-22-25-12-19-21(27-22)29(23(31)28(19)2)14-4-6-15(30)7-5-14/h8-12,14-15,30H,4-7H2,1-3H3,(H,25,26,27). The lowest BCUT2D eigenvalue weighted by Gasteiger charge is -2.26. The van der Waals surface area contributed by atoms with Crippen molar-refractivity contribution in [2.75, 3.05) is 12.4 Å². The van der Waals surface area contributed by atoms with E-state index in [1.165, 1.54) is 0 Å². The average molecular weight is 435 g/mol. The summed E-state index contributed by atoms with van der Waals surface area (Å²) >= 11 is 0. The molecule has 0 aliphatic heterocycles. The van der Waals surface area contributed by atoms with E-state index in [0.717, 1.165) is 40.7 Å². The molecule has 0 radical (unpaired) electrons. The van der Waals surface area contributed by atoms with Crippen LogP contribution in [0.15, 0.2) is 35.4 Å². The Morgan fingerprint density at radius 2 is 1.97 bits per heavy atom. The van der Waals surface area contributed by atoms with E-state index >= 15 is 0 Å². The highest BCUT2D eigenvalue weighted by molar-refractivity contribution is 5.90. The van der Waals surface area contributed by atoms with Gasteiger partial charge in [-0.2, -0.15) is 4.98 Å². The van der Waals surface area contributed by atoms with Crippen molar-refractivity contribution in [3.63, 3.8) is 0 Å². The van der Waals surface area contributed by atoms with Gasteiger partial charge in [-0.05, 0) is 56.4 Å². The molecule has 3 heterocycles. The summed E-state index contributed by atoms with van der Waals surface area (Å²) in [5.74, 6) is 1.16. The van der Waals surface area contributed by atoms with Crippen LogP contribution in [0.1, 0.15) is 37.3 Å². The zero-order valence-electron chi connectivity index (χ0n) is 18.4. The van der Waals surface area contributed by atoms with E-state index in [1.54, 1.807) is 35.7 Å². The van der Waals surface area contributed by atoms with Crippen molar-refractivity contribution in [2.45, 2.75) is 44.8 Å². The van der Waals surface area contributed by atoms with E-state index in [-0.39, 0.29) is 17.8 Å². The van der Waals surface area contributed by atoms with Crippen LogP contribution in [0.4, 0.5) is 11.6 Å². The van der Waals surface area contributed by atoms with Gasteiger partial charge in [0.25, 0.3) is 0 Å². The highest BCUT2D eigenvalue weighted by atomic mass is 16.5. The number of aromatic nitrogens is 5. The highest BCUT2D eigenvalue weighted by Gasteiger charge is 2.26. The van der Waals surface area contributed by atoms with Gasteiger partial charge in [-0.25, -0.2) is 9.78 Å². The zero-order chi connectivity index (χ0) is 22.4. The van der Waals surface area contributed by atoms with Gasteiger partial charge < -0.3 is 15.2 Å². The molecule has 166 valence electrons. The van der Waals surface area contributed by atoms with E-state index < -0.39 is 0 Å². The lowest BCUT2D eigenvalue weighted by molar-refractivity contribution is 0.110. The quantitative estimate of drug-likeness (QED) is 0.508. The molecule has 1 fully saturated rings. The number of anilines is 2. The summed E-state index contributed by atoms with van der Waals surface area (Å²) in [4.78, 5) is 26.6. The van der Waals surface area contributed by atoms with Crippen molar-refractivity contribution in [3.05, 3.63) is 46.6 Å². The van der Waals surface area contributed by atoms with Gasteiger partial charge in [-0.1, -0.05) is 0 Å². The van der Waals surface area contributed by atoms with Crippen LogP contribution < -0.4 is 15.7 Å². The molecular formula is C23H26N6O3. The molecule has 9 nitrogen and oxygen atoms in total. The number of aryl methyl sites for hydroxylation is 2. The first kappa shape index (κ1) is 20.4. The van der Waals surface area contributed by atoms with Crippen LogP contribution in [-0.2, 0) is 7.05 Å². The number of hydrogen-bond acceptors (Lipinski definition) is 7. The van der Waals surface area contributed by atoms with Gasteiger partial charge in [0.05, 0.1) is 24.9 Å². The molecule has 4 aromatic rings. The minimum Gasteiger partial charge on any atom is -0.496 e. The van der Waals surface area contributed by atoms with Crippen LogP contribution >= 0.6 is 0 Å². The number of hydrogen-bond donors (Lipinski definition) is 2. The first-order chi connectivity index (χ1) is 15.5. The molecule has 0 bridgehead atoms. The molecule has 9 heteroatoms. The number of methoxy groups -OCH3 is 1. The number of ether oxygens (including phenoxy) is 1. The topological polar surface area (TPSA) is 107 Å². The maximum absolute atomic E-state index is 13.0. The van der Waals surface area contributed by atoms with Crippen LogP contribution in [-0.4, -0.2) is 42.4 Å². The van der Waals surface area contributed by atoms with Crippen molar-refractivity contribution in [2.24, 2.45) is 7.05 Å². The van der Waals surface area contributed by atoms with Gasteiger partial charge in [0, 0.05) is 30.4 Å². The smallest absolute Gasteiger partial charge is 0.330 e. The van der Waals surface area contributed by atoms with E-state index in [4.69, 9.17) is 9.72 Å². The summed E-state index contributed by atoms with van der Waals surface area (Å²) in [5, 5.41) is 14.1. The number of nitrogens with one attached hydrogen (secondary N) is 1. The van der Waals surface area contributed by atoms with Crippen LogP contribution in [0.25, 0.3) is 22.1 Å². The van der Waals surface area contributed by atoms with Gasteiger partial charge in [-0.3, -0.25) is 14.1 Å². The van der Waals surface area contributed by atoms with E-state index in [2.05, 4.69) is 15.3 Å². The normalized spacial score (nSPS) is 18.9. The summed E-state index contributed by atoms with van der Waals surface area (Å²) in [6, 6.07) is 5.82. The minimum absolute atomic E-state index is 0.0232. The molecule has 0 saturated heterocycles. The van der Waals surface area contributed by atoms with Crippen LogP contribution in [0.2, 0.25) is 0 Å². The van der Waals surface area contributed by atoms with Crippen molar-refractivity contribution < 1.29 is 9.84 Å². The summed E-state index contributed by atoms with van der Waals surface area (Å²) in [7, 11) is 3.37. The summed E-state index contributed by atoms with van der Waals surface area (Å²) in [5.41, 5.74) is 3.87. The Hall–Kier alpha value is -3.46. The van der Waals surface area contributed by atoms with Crippen LogP contribution in [0.5, 0.6) is 5.75 Å². The lowest BCUT2D eigenvalue weighted by Crippen LogP contribution is -2.30. The fourth-order valence-corrected chi connectivity index (χ4v) is 4.55. The Morgan fingerprint density at radius 1 is 1.19 bits per heavy atom. The first-order valence-electron chi connectivity index (χ1n) is 10.8. The second-order valence-electron chi connectivity index (χ2n) is 8.40. The molecule has 2 N–H and O–H groups in total. The third kappa shape index (κ3) is 3.38. The molecule has 1 saturated carbocycles. The predicted molar refractivity (Wildman–Crippen MR) is 123 cm³/mol. The van der Waals surface area contributed by atoms with Gasteiger partial charge in [0.15, 0.2) is 5.65 Å². The predicted octanol–water partition coefficient (Wildman–Crippen LogP) is 3.21. The maximum Gasteiger partial charge on any atom is 0.330 e. The molecule has 32 heavy (non-hydrogen) atoms. The van der Waals surface area contributed by atoms with Crippen LogP contribution in [0, 0.1) is 6.92 Å². The number of benzene rings is 1. The number of fused-ring (bicyclic) bond motifs is 2. The molecular weight excluding hydrogens is 408 g/mol. The Balaban J connectivity index is 1.56. The van der Waals surface area contributed by atoms with Gasteiger partial charge in [-0.15, -0.1) is 0 Å². The van der Waals surface area contributed by atoms with Crippen molar-refractivity contribution in [1.29, 1.82) is 0 Å². The Bertz CT molecular complexity index is 1370. The fraction of sp³-hybridized carbons (Fsp3) is 0.391. The number of imidazole rings is 1. The molecule has 1 aliphatic carbocycles.